The average molecular weight is 217 g/mol. The molecular weight excluding hydrogens is 198 g/mol. The minimum atomic E-state index is 0.142. The first-order chi connectivity index (χ1) is 7.66. The van der Waals surface area contributed by atoms with E-state index in [0.717, 1.165) is 25.2 Å². The maximum atomic E-state index is 6.23. The van der Waals surface area contributed by atoms with Crippen LogP contribution in [0.2, 0.25) is 0 Å². The normalized spacial score (nSPS) is 25.8. The van der Waals surface area contributed by atoms with E-state index in [1.165, 1.54) is 24.0 Å². The quantitative estimate of drug-likeness (QED) is 0.826. The van der Waals surface area contributed by atoms with Gasteiger partial charge in [-0.05, 0) is 50.2 Å². The molecule has 1 atom stereocenters. The summed E-state index contributed by atoms with van der Waals surface area (Å²) in [7, 11) is 0. The van der Waals surface area contributed by atoms with Crippen LogP contribution >= 0.6 is 0 Å². The van der Waals surface area contributed by atoms with Crippen molar-refractivity contribution < 1.29 is 4.74 Å². The molecule has 1 saturated carbocycles. The Morgan fingerprint density at radius 3 is 3.00 bits per heavy atom. The third-order valence-corrected chi connectivity index (χ3v) is 3.87. The molecule has 0 saturated heterocycles. The highest BCUT2D eigenvalue weighted by Gasteiger charge is 2.41. The number of hydrogen-bond donors (Lipinski definition) is 1. The fourth-order valence-electron chi connectivity index (χ4n) is 2.65. The minimum absolute atomic E-state index is 0.142. The maximum Gasteiger partial charge on any atom is 0.122 e. The van der Waals surface area contributed by atoms with Crippen molar-refractivity contribution in [3.05, 3.63) is 29.3 Å². The van der Waals surface area contributed by atoms with Crippen LogP contribution in [0.1, 0.15) is 42.7 Å². The molecule has 2 nitrogen and oxygen atoms in total. The number of nitrogens with two attached hydrogens (primary N) is 1. The number of rotatable bonds is 2. The number of benzene rings is 1. The lowest BCUT2D eigenvalue weighted by atomic mass is 9.86. The lowest BCUT2D eigenvalue weighted by Crippen LogP contribution is -2.27. The van der Waals surface area contributed by atoms with Crippen molar-refractivity contribution in [2.24, 2.45) is 5.73 Å². The van der Waals surface area contributed by atoms with Gasteiger partial charge in [0, 0.05) is 5.54 Å². The minimum Gasteiger partial charge on any atom is -0.493 e. The highest BCUT2D eigenvalue weighted by Crippen LogP contribution is 2.45. The van der Waals surface area contributed by atoms with Crippen molar-refractivity contribution in [2.75, 3.05) is 6.61 Å². The molecule has 1 heterocycles. The van der Waals surface area contributed by atoms with Crippen LogP contribution in [0.25, 0.3) is 0 Å². The summed E-state index contributed by atoms with van der Waals surface area (Å²) in [4.78, 5) is 0. The van der Waals surface area contributed by atoms with Gasteiger partial charge in [0.2, 0.25) is 0 Å². The lowest BCUT2D eigenvalue weighted by Gasteiger charge is -2.28. The van der Waals surface area contributed by atoms with Crippen LogP contribution in [0.4, 0.5) is 0 Å². The van der Waals surface area contributed by atoms with Gasteiger partial charge in [-0.1, -0.05) is 17.7 Å². The van der Waals surface area contributed by atoms with Gasteiger partial charge in [0.15, 0.2) is 0 Å². The Bertz CT molecular complexity index is 409. The molecule has 0 amide bonds. The van der Waals surface area contributed by atoms with Crippen molar-refractivity contribution in [3.63, 3.8) is 0 Å². The molecule has 0 aromatic heterocycles. The summed E-state index contributed by atoms with van der Waals surface area (Å²) < 4.78 is 5.70. The molecule has 1 aromatic carbocycles. The Balaban J connectivity index is 1.89. The first kappa shape index (κ1) is 10.2. The number of aryl methyl sites for hydroxylation is 1. The molecule has 3 rings (SSSR count). The van der Waals surface area contributed by atoms with Crippen LogP contribution in [0.3, 0.4) is 0 Å². The van der Waals surface area contributed by atoms with E-state index in [1.54, 1.807) is 0 Å². The van der Waals surface area contributed by atoms with Crippen LogP contribution in [-0.4, -0.2) is 12.1 Å². The summed E-state index contributed by atoms with van der Waals surface area (Å²) >= 11 is 0. The van der Waals surface area contributed by atoms with Crippen molar-refractivity contribution in [1.29, 1.82) is 0 Å². The molecule has 1 fully saturated rings. The molecule has 2 aliphatic rings. The third-order valence-electron chi connectivity index (χ3n) is 3.87. The van der Waals surface area contributed by atoms with Crippen molar-refractivity contribution in [3.8, 4) is 5.75 Å². The van der Waals surface area contributed by atoms with E-state index < -0.39 is 0 Å². The molecule has 0 bridgehead atoms. The zero-order valence-electron chi connectivity index (χ0n) is 9.83. The van der Waals surface area contributed by atoms with Crippen molar-refractivity contribution >= 4 is 0 Å². The Morgan fingerprint density at radius 2 is 2.25 bits per heavy atom. The van der Waals surface area contributed by atoms with E-state index >= 15 is 0 Å². The number of fused-ring (bicyclic) bond motifs is 1. The topological polar surface area (TPSA) is 35.2 Å². The molecule has 16 heavy (non-hydrogen) atoms. The first-order valence-corrected chi connectivity index (χ1v) is 6.19. The Morgan fingerprint density at radius 1 is 1.44 bits per heavy atom. The molecule has 1 aromatic rings. The van der Waals surface area contributed by atoms with E-state index in [2.05, 4.69) is 25.1 Å². The summed E-state index contributed by atoms with van der Waals surface area (Å²) in [5.74, 6) is 1.68. The lowest BCUT2D eigenvalue weighted by molar-refractivity contribution is 0.257. The van der Waals surface area contributed by atoms with Gasteiger partial charge in [-0.15, -0.1) is 0 Å². The van der Waals surface area contributed by atoms with Gasteiger partial charge >= 0.3 is 0 Å². The van der Waals surface area contributed by atoms with E-state index in [9.17, 15) is 0 Å². The molecular formula is C14H19NO. The third kappa shape index (κ3) is 1.82. The largest absolute Gasteiger partial charge is 0.493 e. The summed E-state index contributed by atoms with van der Waals surface area (Å²) in [6, 6.07) is 6.49. The zero-order chi connectivity index (χ0) is 11.2. The molecule has 0 radical (unpaired) electrons. The monoisotopic (exact) mass is 217 g/mol. The van der Waals surface area contributed by atoms with Crippen molar-refractivity contribution in [2.45, 2.75) is 44.1 Å². The van der Waals surface area contributed by atoms with Crippen LogP contribution in [0.5, 0.6) is 5.75 Å². The Labute approximate surface area is 96.8 Å². The standard InChI is InChI=1S/C14H19NO/c1-10-2-3-13-12(8-10)11(4-7-16-13)9-14(15)5-6-14/h2-3,8,11H,4-7,9,15H2,1H3. The molecule has 1 aliphatic heterocycles. The predicted octanol–water partition coefficient (Wildman–Crippen LogP) is 2.74. The second-order valence-electron chi connectivity index (χ2n) is 5.44. The molecule has 1 aliphatic carbocycles. The zero-order valence-corrected chi connectivity index (χ0v) is 9.83. The second kappa shape index (κ2) is 3.49. The highest BCUT2D eigenvalue weighted by atomic mass is 16.5. The summed E-state index contributed by atoms with van der Waals surface area (Å²) in [6.07, 6.45) is 4.65. The second-order valence-corrected chi connectivity index (χ2v) is 5.44. The maximum absolute atomic E-state index is 6.23. The Hall–Kier alpha value is -1.02. The van der Waals surface area contributed by atoms with Crippen molar-refractivity contribution in [1.82, 2.24) is 0 Å². The van der Waals surface area contributed by atoms with Crippen LogP contribution in [0, 0.1) is 6.92 Å². The van der Waals surface area contributed by atoms with Gasteiger partial charge in [-0.2, -0.15) is 0 Å². The van der Waals surface area contributed by atoms with Crippen LogP contribution in [-0.2, 0) is 0 Å². The Kier molecular flexibility index (Phi) is 2.21. The highest BCUT2D eigenvalue weighted by molar-refractivity contribution is 5.41. The number of ether oxygens (including phenoxy) is 1. The fraction of sp³-hybridized carbons (Fsp3) is 0.571. The fourth-order valence-corrected chi connectivity index (χ4v) is 2.65. The van der Waals surface area contributed by atoms with E-state index in [1.807, 2.05) is 0 Å². The van der Waals surface area contributed by atoms with Crippen LogP contribution < -0.4 is 10.5 Å². The van der Waals surface area contributed by atoms with E-state index in [0.29, 0.717) is 5.92 Å². The number of hydrogen-bond acceptors (Lipinski definition) is 2. The van der Waals surface area contributed by atoms with Gasteiger partial charge < -0.3 is 10.5 Å². The van der Waals surface area contributed by atoms with Gasteiger partial charge in [-0.3, -0.25) is 0 Å². The predicted molar refractivity (Wildman–Crippen MR) is 64.8 cm³/mol. The molecule has 86 valence electrons. The van der Waals surface area contributed by atoms with Gasteiger partial charge in [0.25, 0.3) is 0 Å². The first-order valence-electron chi connectivity index (χ1n) is 6.19. The van der Waals surface area contributed by atoms with E-state index in [-0.39, 0.29) is 5.54 Å². The SMILES string of the molecule is Cc1ccc2c(c1)C(CC1(N)CC1)CCO2. The summed E-state index contributed by atoms with van der Waals surface area (Å²) in [5, 5.41) is 0. The smallest absolute Gasteiger partial charge is 0.122 e. The van der Waals surface area contributed by atoms with E-state index in [4.69, 9.17) is 10.5 Å². The van der Waals surface area contributed by atoms with Gasteiger partial charge in [0.05, 0.1) is 6.61 Å². The summed E-state index contributed by atoms with van der Waals surface area (Å²) in [5.41, 5.74) is 9.07. The molecule has 2 N–H and O–H groups in total. The van der Waals surface area contributed by atoms with Gasteiger partial charge in [0.1, 0.15) is 5.75 Å². The molecule has 0 spiro atoms. The molecule has 1 unspecified atom stereocenters. The van der Waals surface area contributed by atoms with Gasteiger partial charge in [-0.25, -0.2) is 0 Å². The summed E-state index contributed by atoms with van der Waals surface area (Å²) in [6.45, 7) is 2.98. The van der Waals surface area contributed by atoms with Crippen LogP contribution in [0.15, 0.2) is 18.2 Å². The molecule has 2 heteroatoms. The average Bonchev–Trinajstić information content (AvgIpc) is 2.97.